The highest BCUT2D eigenvalue weighted by atomic mass is 16.4. The van der Waals surface area contributed by atoms with Crippen molar-refractivity contribution in [2.45, 2.75) is 12.8 Å². The molecule has 6 nitrogen and oxygen atoms in total. The normalized spacial score (nSPS) is 26.4. The van der Waals surface area contributed by atoms with Crippen LogP contribution in [0.2, 0.25) is 0 Å². The smallest absolute Gasteiger partial charge is 0.307 e. The summed E-state index contributed by atoms with van der Waals surface area (Å²) in [4.78, 5) is 11.5. The van der Waals surface area contributed by atoms with Crippen molar-refractivity contribution in [2.24, 2.45) is 5.92 Å². The number of aliphatic hydroxyl groups excluding tert-OH is 2. The fraction of sp³-hybridized carbons (Fsp3) is 0.278. The van der Waals surface area contributed by atoms with Gasteiger partial charge in [-0.3, -0.25) is 4.79 Å². The monoisotopic (exact) mass is 332 g/mol. The minimum atomic E-state index is -1.09. The first-order valence-corrected chi connectivity index (χ1v) is 7.62. The Labute approximate surface area is 141 Å². The maximum Gasteiger partial charge on any atom is 0.307 e. The van der Waals surface area contributed by atoms with Crippen molar-refractivity contribution in [3.05, 3.63) is 72.5 Å². The molecule has 1 unspecified atom stereocenters. The molecule has 0 bridgehead atoms. The molecule has 24 heavy (non-hydrogen) atoms. The summed E-state index contributed by atoms with van der Waals surface area (Å²) in [7, 11) is 0. The maximum atomic E-state index is 11.5. The highest BCUT2D eigenvalue weighted by Gasteiger charge is 2.23. The number of nitrogens with one attached hydrogen (secondary N) is 2. The first kappa shape index (κ1) is 19.2. The average Bonchev–Trinajstić information content (AvgIpc) is 2.57. The van der Waals surface area contributed by atoms with Crippen LogP contribution in [0, 0.1) is 5.92 Å². The average molecular weight is 332 g/mol. The van der Waals surface area contributed by atoms with Crippen molar-refractivity contribution in [1.82, 2.24) is 10.6 Å². The van der Waals surface area contributed by atoms with Gasteiger partial charge in [-0.2, -0.15) is 0 Å². The molecule has 130 valence electrons. The summed E-state index contributed by atoms with van der Waals surface area (Å²) in [5.41, 5.74) is 0.875. The molecule has 0 aromatic rings. The van der Waals surface area contributed by atoms with Gasteiger partial charge in [0.15, 0.2) is 0 Å². The standard InChI is InChI=1S/C18H24N2O4/c1-3-5-7-14-16(21)11-13(18(23)24)12-17(22)15(8-6-4-2)20-10-9-19-14/h3-8,13,19-22H,1-2,9-12H2,(H,23,24)/b7-5-,8-6-,16-14-,17-15+. The van der Waals surface area contributed by atoms with Crippen LogP contribution in [0.1, 0.15) is 12.8 Å². The number of aliphatic carboxylic acids is 1. The Bertz CT molecular complexity index is 554. The Morgan fingerprint density at radius 2 is 1.38 bits per heavy atom. The number of carbonyl (C=O) groups is 1. The van der Waals surface area contributed by atoms with Crippen LogP contribution >= 0.6 is 0 Å². The maximum absolute atomic E-state index is 11.5. The highest BCUT2D eigenvalue weighted by molar-refractivity contribution is 5.70. The molecule has 1 atom stereocenters. The molecule has 1 aliphatic rings. The third-order valence-corrected chi connectivity index (χ3v) is 3.40. The lowest BCUT2D eigenvalue weighted by Crippen LogP contribution is -2.26. The Hall–Kier alpha value is -2.89. The second-order valence-corrected chi connectivity index (χ2v) is 5.21. The van der Waals surface area contributed by atoms with Crippen LogP contribution < -0.4 is 10.6 Å². The van der Waals surface area contributed by atoms with Gasteiger partial charge < -0.3 is 26.0 Å². The van der Waals surface area contributed by atoms with Gasteiger partial charge in [0.2, 0.25) is 0 Å². The second-order valence-electron chi connectivity index (χ2n) is 5.21. The van der Waals surface area contributed by atoms with E-state index in [-0.39, 0.29) is 24.4 Å². The number of rotatable bonds is 5. The lowest BCUT2D eigenvalue weighted by Gasteiger charge is -2.14. The zero-order chi connectivity index (χ0) is 17.9. The minimum absolute atomic E-state index is 0.0709. The second kappa shape index (κ2) is 9.99. The molecule has 5 N–H and O–H groups in total. The lowest BCUT2D eigenvalue weighted by molar-refractivity contribution is -0.142. The molecule has 0 aromatic heterocycles. The van der Waals surface area contributed by atoms with Crippen LogP contribution in [-0.2, 0) is 4.79 Å². The minimum Gasteiger partial charge on any atom is -0.510 e. The quantitative estimate of drug-likeness (QED) is 0.496. The SMILES string of the molecule is C=C/C=C\C1=C(\O)CC(C(=O)O)C/C(O)=C(/C=C\C=C)NCCN1. The third kappa shape index (κ3) is 6.08. The Balaban J connectivity index is 3.16. The number of aliphatic hydroxyl groups is 2. The van der Waals surface area contributed by atoms with Crippen molar-refractivity contribution < 1.29 is 20.1 Å². The van der Waals surface area contributed by atoms with Gasteiger partial charge in [0, 0.05) is 25.9 Å². The van der Waals surface area contributed by atoms with Gasteiger partial charge in [-0.05, 0) is 12.2 Å². The lowest BCUT2D eigenvalue weighted by atomic mass is 9.97. The van der Waals surface area contributed by atoms with Crippen molar-refractivity contribution >= 4 is 5.97 Å². The van der Waals surface area contributed by atoms with Crippen LogP contribution in [-0.4, -0.2) is 34.4 Å². The zero-order valence-electron chi connectivity index (χ0n) is 13.5. The van der Waals surface area contributed by atoms with E-state index in [0.29, 0.717) is 24.5 Å². The van der Waals surface area contributed by atoms with Gasteiger partial charge >= 0.3 is 5.97 Å². The third-order valence-electron chi connectivity index (χ3n) is 3.40. The van der Waals surface area contributed by atoms with E-state index < -0.39 is 11.9 Å². The summed E-state index contributed by atoms with van der Waals surface area (Å²) in [6, 6.07) is 0. The molecule has 0 aliphatic carbocycles. The summed E-state index contributed by atoms with van der Waals surface area (Å²) in [6.45, 7) is 8.08. The predicted molar refractivity (Wildman–Crippen MR) is 94.3 cm³/mol. The molecular weight excluding hydrogens is 308 g/mol. The number of carboxylic acids is 1. The number of hydrogen-bond acceptors (Lipinski definition) is 5. The summed E-state index contributed by atoms with van der Waals surface area (Å²) in [6.07, 6.45) is 9.49. The van der Waals surface area contributed by atoms with E-state index in [4.69, 9.17) is 0 Å². The highest BCUT2D eigenvalue weighted by Crippen LogP contribution is 2.22. The molecule has 0 amide bonds. The Kier molecular flexibility index (Phi) is 7.98. The molecule has 0 fully saturated rings. The van der Waals surface area contributed by atoms with E-state index in [1.165, 1.54) is 0 Å². The molecule has 1 aliphatic heterocycles. The molecule has 6 heteroatoms. The van der Waals surface area contributed by atoms with Crippen molar-refractivity contribution in [1.29, 1.82) is 0 Å². The van der Waals surface area contributed by atoms with Crippen molar-refractivity contribution in [3.63, 3.8) is 0 Å². The van der Waals surface area contributed by atoms with Gasteiger partial charge in [-0.25, -0.2) is 0 Å². The topological polar surface area (TPSA) is 102 Å². The molecular formula is C18H24N2O4. The van der Waals surface area contributed by atoms with Gasteiger partial charge in [0.1, 0.15) is 11.5 Å². The van der Waals surface area contributed by atoms with Crippen LogP contribution in [0.25, 0.3) is 0 Å². The van der Waals surface area contributed by atoms with Gasteiger partial charge in [0.25, 0.3) is 0 Å². The van der Waals surface area contributed by atoms with E-state index in [2.05, 4.69) is 23.8 Å². The molecule has 0 spiro atoms. The zero-order valence-corrected chi connectivity index (χ0v) is 13.5. The Morgan fingerprint density at radius 1 is 0.958 bits per heavy atom. The summed E-state index contributed by atoms with van der Waals surface area (Å²) >= 11 is 0. The first-order valence-electron chi connectivity index (χ1n) is 7.62. The number of hydrogen-bond donors (Lipinski definition) is 5. The van der Waals surface area contributed by atoms with E-state index in [9.17, 15) is 20.1 Å². The fourth-order valence-corrected chi connectivity index (χ4v) is 2.17. The molecule has 1 rings (SSSR count). The van der Waals surface area contributed by atoms with Crippen LogP contribution in [0.3, 0.4) is 0 Å². The van der Waals surface area contributed by atoms with Crippen LogP contribution in [0.5, 0.6) is 0 Å². The van der Waals surface area contributed by atoms with Gasteiger partial charge in [-0.1, -0.05) is 37.5 Å². The summed E-state index contributed by atoms with van der Waals surface area (Å²) < 4.78 is 0. The Morgan fingerprint density at radius 3 is 1.71 bits per heavy atom. The van der Waals surface area contributed by atoms with E-state index in [0.717, 1.165) is 0 Å². The fourth-order valence-electron chi connectivity index (χ4n) is 2.17. The van der Waals surface area contributed by atoms with Crippen LogP contribution in [0.4, 0.5) is 0 Å². The van der Waals surface area contributed by atoms with Gasteiger partial charge in [0.05, 0.1) is 17.3 Å². The van der Waals surface area contributed by atoms with Crippen LogP contribution in [0.15, 0.2) is 72.5 Å². The van der Waals surface area contributed by atoms with Gasteiger partial charge in [-0.15, -0.1) is 0 Å². The molecule has 0 aromatic carbocycles. The molecule has 0 saturated carbocycles. The van der Waals surface area contributed by atoms with Crippen molar-refractivity contribution in [3.8, 4) is 0 Å². The molecule has 0 saturated heterocycles. The van der Waals surface area contributed by atoms with E-state index in [1.54, 1.807) is 36.5 Å². The molecule has 1 heterocycles. The first-order chi connectivity index (χ1) is 11.5. The predicted octanol–water partition coefficient (Wildman–Crippen LogP) is 2.68. The molecule has 0 radical (unpaired) electrons. The largest absolute Gasteiger partial charge is 0.510 e. The number of allylic oxidation sites excluding steroid dienone is 8. The van der Waals surface area contributed by atoms with E-state index in [1.807, 2.05) is 0 Å². The van der Waals surface area contributed by atoms with E-state index >= 15 is 0 Å². The summed E-state index contributed by atoms with van der Waals surface area (Å²) in [5, 5.41) is 35.9. The number of carboxylic acid groups (broad SMARTS) is 1. The van der Waals surface area contributed by atoms with Crippen molar-refractivity contribution in [2.75, 3.05) is 13.1 Å². The summed E-state index contributed by atoms with van der Waals surface area (Å²) in [5.74, 6) is -2.19.